The zero-order chi connectivity index (χ0) is 13.0. The van der Waals surface area contributed by atoms with Crippen LogP contribution in [-0.2, 0) is 4.79 Å². The molecule has 0 unspecified atom stereocenters. The molecule has 1 amide bonds. The van der Waals surface area contributed by atoms with Crippen LogP contribution in [0.3, 0.4) is 0 Å². The van der Waals surface area contributed by atoms with Crippen LogP contribution >= 0.6 is 0 Å². The topological polar surface area (TPSA) is 49.8 Å². The van der Waals surface area contributed by atoms with Crippen molar-refractivity contribution in [2.24, 2.45) is 5.92 Å². The van der Waals surface area contributed by atoms with E-state index < -0.39 is 12.0 Å². The molecule has 0 heterocycles. The third-order valence-corrected chi connectivity index (χ3v) is 2.76. The van der Waals surface area contributed by atoms with Crippen LogP contribution in [-0.4, -0.2) is 37.1 Å². The van der Waals surface area contributed by atoms with Crippen LogP contribution in [0, 0.1) is 5.92 Å². The molecule has 0 saturated carbocycles. The molecule has 17 heavy (non-hydrogen) atoms. The molecule has 94 valence electrons. The van der Waals surface area contributed by atoms with Crippen molar-refractivity contribution in [1.29, 1.82) is 0 Å². The lowest BCUT2D eigenvalue weighted by Crippen LogP contribution is -2.31. The van der Waals surface area contributed by atoms with Crippen molar-refractivity contribution in [2.75, 3.05) is 21.2 Å². The smallest absolute Gasteiger partial charge is 0.227 e. The molecule has 1 N–H and O–H groups in total. The van der Waals surface area contributed by atoms with Gasteiger partial charge in [-0.05, 0) is 6.07 Å². The second-order valence-corrected chi connectivity index (χ2v) is 4.21. The molecule has 2 atom stereocenters. The number of rotatable bonds is 4. The fourth-order valence-electron chi connectivity index (χ4n) is 1.72. The van der Waals surface area contributed by atoms with Gasteiger partial charge in [0.2, 0.25) is 5.91 Å². The zero-order valence-electron chi connectivity index (χ0n) is 10.7. The molecule has 1 rings (SSSR count). The Bertz CT molecular complexity index is 390. The van der Waals surface area contributed by atoms with E-state index >= 15 is 0 Å². The number of aliphatic hydroxyl groups excluding tert-OH is 1. The molecule has 0 aromatic heterocycles. The lowest BCUT2D eigenvalue weighted by atomic mass is 9.95. The van der Waals surface area contributed by atoms with E-state index in [1.807, 2.05) is 12.1 Å². The Balaban J connectivity index is 2.96. The Kier molecular flexibility index (Phi) is 4.52. The van der Waals surface area contributed by atoms with Crippen LogP contribution in [0.5, 0.6) is 5.75 Å². The molecule has 0 bridgehead atoms. The summed E-state index contributed by atoms with van der Waals surface area (Å²) in [7, 11) is 4.89. The Labute approximate surface area is 102 Å². The van der Waals surface area contributed by atoms with Crippen LogP contribution in [0.1, 0.15) is 18.6 Å². The third kappa shape index (κ3) is 2.97. The predicted molar refractivity (Wildman–Crippen MR) is 65.8 cm³/mol. The molecule has 0 aliphatic heterocycles. The van der Waals surface area contributed by atoms with Gasteiger partial charge in [-0.3, -0.25) is 4.79 Å². The van der Waals surface area contributed by atoms with Crippen LogP contribution in [0.4, 0.5) is 0 Å². The molecular formula is C13H19NO3. The number of nitrogens with zero attached hydrogens (tertiary/aromatic N) is 1. The summed E-state index contributed by atoms with van der Waals surface area (Å²) in [5.74, 6) is -0.0110. The van der Waals surface area contributed by atoms with E-state index in [-0.39, 0.29) is 5.91 Å². The average Bonchev–Trinajstić information content (AvgIpc) is 2.35. The number of hydrogen-bond donors (Lipinski definition) is 1. The number of carbonyl (C=O) groups excluding carboxylic acids is 1. The maximum Gasteiger partial charge on any atom is 0.227 e. The standard InChI is InChI=1S/C13H19NO3/c1-9(13(16)14(2)3)12(15)10-7-5-6-8-11(10)17-4/h5-9,12,15H,1-4H3/t9-,12-/m0/s1. The summed E-state index contributed by atoms with van der Waals surface area (Å²) in [6, 6.07) is 7.18. The monoisotopic (exact) mass is 237 g/mol. The highest BCUT2D eigenvalue weighted by Crippen LogP contribution is 2.30. The fraction of sp³-hybridized carbons (Fsp3) is 0.462. The first kappa shape index (κ1) is 13.5. The highest BCUT2D eigenvalue weighted by Gasteiger charge is 2.26. The van der Waals surface area contributed by atoms with Gasteiger partial charge in [0.15, 0.2) is 0 Å². The minimum Gasteiger partial charge on any atom is -0.496 e. The Morgan fingerprint density at radius 3 is 2.47 bits per heavy atom. The number of amides is 1. The van der Waals surface area contributed by atoms with Crippen molar-refractivity contribution in [2.45, 2.75) is 13.0 Å². The van der Waals surface area contributed by atoms with Crippen LogP contribution in [0.2, 0.25) is 0 Å². The van der Waals surface area contributed by atoms with E-state index in [0.29, 0.717) is 11.3 Å². The van der Waals surface area contributed by atoms with E-state index in [1.54, 1.807) is 40.3 Å². The maximum atomic E-state index is 11.8. The first-order valence-electron chi connectivity index (χ1n) is 5.51. The molecule has 1 aromatic carbocycles. The molecule has 0 spiro atoms. The lowest BCUT2D eigenvalue weighted by molar-refractivity contribution is -0.136. The first-order valence-corrected chi connectivity index (χ1v) is 5.51. The van der Waals surface area contributed by atoms with Crippen molar-refractivity contribution in [3.8, 4) is 5.75 Å². The quantitative estimate of drug-likeness (QED) is 0.862. The summed E-state index contributed by atoms with van der Waals surface area (Å²) >= 11 is 0. The predicted octanol–water partition coefficient (Wildman–Crippen LogP) is 1.45. The second kappa shape index (κ2) is 5.68. The van der Waals surface area contributed by atoms with E-state index in [0.717, 1.165) is 0 Å². The van der Waals surface area contributed by atoms with Gasteiger partial charge in [-0.15, -0.1) is 0 Å². The summed E-state index contributed by atoms with van der Waals surface area (Å²) in [5.41, 5.74) is 0.637. The summed E-state index contributed by atoms with van der Waals surface area (Å²) in [5, 5.41) is 10.2. The molecule has 0 aliphatic rings. The molecule has 0 radical (unpaired) electrons. The minimum atomic E-state index is -0.860. The number of hydrogen-bond acceptors (Lipinski definition) is 3. The van der Waals surface area contributed by atoms with Gasteiger partial charge in [-0.1, -0.05) is 25.1 Å². The molecule has 0 aliphatic carbocycles. The van der Waals surface area contributed by atoms with Crippen molar-refractivity contribution in [3.63, 3.8) is 0 Å². The molecule has 0 saturated heterocycles. The fourth-order valence-corrected chi connectivity index (χ4v) is 1.72. The number of aliphatic hydroxyl groups is 1. The summed E-state index contributed by atoms with van der Waals surface area (Å²) in [6.07, 6.45) is -0.860. The summed E-state index contributed by atoms with van der Waals surface area (Å²) in [6.45, 7) is 1.71. The number of carbonyl (C=O) groups is 1. The maximum absolute atomic E-state index is 11.8. The first-order chi connectivity index (χ1) is 7.99. The van der Waals surface area contributed by atoms with E-state index in [9.17, 15) is 9.90 Å². The van der Waals surface area contributed by atoms with Crippen molar-refractivity contribution < 1.29 is 14.6 Å². The number of ether oxygens (including phenoxy) is 1. The molecule has 0 fully saturated rings. The Morgan fingerprint density at radius 2 is 1.94 bits per heavy atom. The largest absolute Gasteiger partial charge is 0.496 e. The number of benzene rings is 1. The van der Waals surface area contributed by atoms with Crippen LogP contribution in [0.25, 0.3) is 0 Å². The Hall–Kier alpha value is -1.55. The summed E-state index contributed by atoms with van der Waals surface area (Å²) < 4.78 is 5.17. The highest BCUT2D eigenvalue weighted by molar-refractivity contribution is 5.78. The Morgan fingerprint density at radius 1 is 1.35 bits per heavy atom. The van der Waals surface area contributed by atoms with Crippen molar-refractivity contribution >= 4 is 5.91 Å². The van der Waals surface area contributed by atoms with Gasteiger partial charge < -0.3 is 14.7 Å². The molecule has 4 nitrogen and oxygen atoms in total. The van der Waals surface area contributed by atoms with Gasteiger partial charge in [0, 0.05) is 19.7 Å². The van der Waals surface area contributed by atoms with E-state index in [1.165, 1.54) is 4.90 Å². The highest BCUT2D eigenvalue weighted by atomic mass is 16.5. The SMILES string of the molecule is COc1ccccc1[C@@H](O)[C@H](C)C(=O)N(C)C. The molecular weight excluding hydrogens is 218 g/mol. The lowest BCUT2D eigenvalue weighted by Gasteiger charge is -2.23. The van der Waals surface area contributed by atoms with Gasteiger partial charge in [0.1, 0.15) is 5.75 Å². The van der Waals surface area contributed by atoms with Gasteiger partial charge in [-0.25, -0.2) is 0 Å². The summed E-state index contributed by atoms with van der Waals surface area (Å²) in [4.78, 5) is 13.3. The van der Waals surface area contributed by atoms with Crippen LogP contribution < -0.4 is 4.74 Å². The van der Waals surface area contributed by atoms with Crippen LogP contribution in [0.15, 0.2) is 24.3 Å². The van der Waals surface area contributed by atoms with E-state index in [4.69, 9.17) is 4.74 Å². The van der Waals surface area contributed by atoms with Crippen molar-refractivity contribution in [3.05, 3.63) is 29.8 Å². The normalized spacial score (nSPS) is 13.9. The van der Waals surface area contributed by atoms with Gasteiger partial charge in [-0.2, -0.15) is 0 Å². The molecule has 4 heteroatoms. The van der Waals surface area contributed by atoms with Gasteiger partial charge in [0.05, 0.1) is 19.1 Å². The van der Waals surface area contributed by atoms with E-state index in [2.05, 4.69) is 0 Å². The molecule has 1 aromatic rings. The van der Waals surface area contributed by atoms with Gasteiger partial charge >= 0.3 is 0 Å². The number of methoxy groups -OCH3 is 1. The number of para-hydroxylation sites is 1. The zero-order valence-corrected chi connectivity index (χ0v) is 10.7. The van der Waals surface area contributed by atoms with Gasteiger partial charge in [0.25, 0.3) is 0 Å². The minimum absolute atomic E-state index is 0.108. The van der Waals surface area contributed by atoms with Crippen molar-refractivity contribution in [1.82, 2.24) is 4.90 Å². The average molecular weight is 237 g/mol. The second-order valence-electron chi connectivity index (χ2n) is 4.21. The third-order valence-electron chi connectivity index (χ3n) is 2.76.